The van der Waals surface area contributed by atoms with Crippen molar-refractivity contribution in [3.63, 3.8) is 0 Å². The standard InChI is InChI=1S/C16H22F3N3O3S/c1-20-9-12-4-3-7-22(10-12)26(24,25)14-6-2-5-13(8-14)15(23)21-11-16(17,18)19/h2,5-6,8,12,20H,3-4,7,9-11H2,1H3,(H,21,23). The van der Waals surface area contributed by atoms with E-state index in [1.807, 2.05) is 0 Å². The molecule has 2 N–H and O–H groups in total. The van der Waals surface area contributed by atoms with Gasteiger partial charge in [0.2, 0.25) is 10.0 Å². The quantitative estimate of drug-likeness (QED) is 0.770. The van der Waals surface area contributed by atoms with E-state index in [2.05, 4.69) is 5.32 Å². The van der Waals surface area contributed by atoms with Crippen molar-refractivity contribution in [2.75, 3.05) is 33.2 Å². The summed E-state index contributed by atoms with van der Waals surface area (Å²) >= 11 is 0. The van der Waals surface area contributed by atoms with E-state index in [-0.39, 0.29) is 16.4 Å². The maximum atomic E-state index is 12.8. The van der Waals surface area contributed by atoms with E-state index in [1.165, 1.54) is 22.5 Å². The largest absolute Gasteiger partial charge is 0.405 e. The van der Waals surface area contributed by atoms with E-state index >= 15 is 0 Å². The summed E-state index contributed by atoms with van der Waals surface area (Å²) in [6.45, 7) is -0.0206. The summed E-state index contributed by atoms with van der Waals surface area (Å²) in [5, 5.41) is 4.77. The lowest BCUT2D eigenvalue weighted by atomic mass is 10.00. The number of piperidine rings is 1. The van der Waals surface area contributed by atoms with Crippen LogP contribution < -0.4 is 10.6 Å². The van der Waals surface area contributed by atoms with Crippen molar-refractivity contribution in [2.45, 2.75) is 23.9 Å². The Kier molecular flexibility index (Phi) is 6.64. The summed E-state index contributed by atoms with van der Waals surface area (Å²) in [6, 6.07) is 5.09. The van der Waals surface area contributed by atoms with E-state index in [4.69, 9.17) is 0 Å². The highest BCUT2D eigenvalue weighted by Crippen LogP contribution is 2.24. The van der Waals surface area contributed by atoms with Gasteiger partial charge in [-0.25, -0.2) is 8.42 Å². The fourth-order valence-electron chi connectivity index (χ4n) is 2.93. The molecule has 1 unspecified atom stereocenters. The maximum absolute atomic E-state index is 12.8. The SMILES string of the molecule is CNCC1CCCN(S(=O)(=O)c2cccc(C(=O)NCC(F)(F)F)c2)C1. The van der Waals surface area contributed by atoms with Crippen LogP contribution in [0.1, 0.15) is 23.2 Å². The number of carbonyl (C=O) groups is 1. The molecule has 1 aliphatic rings. The Labute approximate surface area is 150 Å². The van der Waals surface area contributed by atoms with E-state index in [1.54, 1.807) is 12.4 Å². The molecular weight excluding hydrogens is 371 g/mol. The second kappa shape index (κ2) is 8.36. The molecular formula is C16H22F3N3O3S. The highest BCUT2D eigenvalue weighted by molar-refractivity contribution is 7.89. The number of nitrogens with zero attached hydrogens (tertiary/aromatic N) is 1. The van der Waals surface area contributed by atoms with Crippen LogP contribution in [0.25, 0.3) is 0 Å². The van der Waals surface area contributed by atoms with Gasteiger partial charge in [0.15, 0.2) is 0 Å². The summed E-state index contributed by atoms with van der Waals surface area (Å²) < 4.78 is 63.7. The molecule has 26 heavy (non-hydrogen) atoms. The first-order valence-corrected chi connectivity index (χ1v) is 9.67. The average Bonchev–Trinajstić information content (AvgIpc) is 2.59. The number of amides is 1. The summed E-state index contributed by atoms with van der Waals surface area (Å²) in [5.41, 5.74) is -0.126. The van der Waals surface area contributed by atoms with E-state index in [9.17, 15) is 26.4 Å². The summed E-state index contributed by atoms with van der Waals surface area (Å²) in [5.74, 6) is -0.770. The topological polar surface area (TPSA) is 78.5 Å². The molecule has 0 saturated carbocycles. The van der Waals surface area contributed by atoms with Gasteiger partial charge in [0.05, 0.1) is 4.90 Å². The van der Waals surface area contributed by atoms with Crippen LogP contribution in [0.2, 0.25) is 0 Å². The highest BCUT2D eigenvalue weighted by Gasteiger charge is 2.31. The molecule has 1 aromatic carbocycles. The number of sulfonamides is 1. The molecule has 1 fully saturated rings. The molecule has 2 rings (SSSR count). The first kappa shape index (κ1) is 20.7. The predicted octanol–water partition coefficient (Wildman–Crippen LogP) is 1.60. The number of alkyl halides is 3. The second-order valence-corrected chi connectivity index (χ2v) is 8.19. The number of hydrogen-bond acceptors (Lipinski definition) is 4. The van der Waals surface area contributed by atoms with Crippen LogP contribution in [0.4, 0.5) is 13.2 Å². The Balaban J connectivity index is 2.16. The van der Waals surface area contributed by atoms with Gasteiger partial charge >= 0.3 is 6.18 Å². The number of rotatable bonds is 6. The van der Waals surface area contributed by atoms with Gasteiger partial charge in [-0.3, -0.25) is 4.79 Å². The molecule has 1 aromatic rings. The normalized spacial score (nSPS) is 19.3. The van der Waals surface area contributed by atoms with Crippen molar-refractivity contribution in [3.05, 3.63) is 29.8 Å². The molecule has 0 spiro atoms. The zero-order valence-corrected chi connectivity index (χ0v) is 15.2. The van der Waals surface area contributed by atoms with E-state index in [0.717, 1.165) is 18.9 Å². The number of halogens is 3. The van der Waals surface area contributed by atoms with Crippen molar-refractivity contribution in [2.24, 2.45) is 5.92 Å². The van der Waals surface area contributed by atoms with Gasteiger partial charge in [0, 0.05) is 18.7 Å². The number of hydrogen-bond donors (Lipinski definition) is 2. The second-order valence-electron chi connectivity index (χ2n) is 6.25. The van der Waals surface area contributed by atoms with Crippen LogP contribution in [0.15, 0.2) is 29.2 Å². The lowest BCUT2D eigenvalue weighted by Crippen LogP contribution is -2.42. The van der Waals surface area contributed by atoms with Gasteiger partial charge in [0.25, 0.3) is 5.91 Å². The minimum absolute atomic E-state index is 0.0951. The summed E-state index contributed by atoms with van der Waals surface area (Å²) in [4.78, 5) is 11.8. The summed E-state index contributed by atoms with van der Waals surface area (Å²) in [6.07, 6.45) is -2.88. The van der Waals surface area contributed by atoms with Crippen molar-refractivity contribution in [1.29, 1.82) is 0 Å². The predicted molar refractivity (Wildman–Crippen MR) is 90.2 cm³/mol. The smallest absolute Gasteiger partial charge is 0.343 e. The Hall–Kier alpha value is -1.65. The lowest BCUT2D eigenvalue weighted by molar-refractivity contribution is -0.123. The Morgan fingerprint density at radius 3 is 2.73 bits per heavy atom. The molecule has 0 radical (unpaired) electrons. The van der Waals surface area contributed by atoms with Gasteiger partial charge < -0.3 is 10.6 Å². The molecule has 0 aromatic heterocycles. The van der Waals surface area contributed by atoms with E-state index in [0.29, 0.717) is 19.6 Å². The first-order valence-electron chi connectivity index (χ1n) is 8.23. The maximum Gasteiger partial charge on any atom is 0.405 e. The number of benzene rings is 1. The molecule has 146 valence electrons. The molecule has 1 aliphatic heterocycles. The van der Waals surface area contributed by atoms with Gasteiger partial charge in [-0.1, -0.05) is 6.07 Å². The third-order valence-corrected chi connectivity index (χ3v) is 6.02. The Bertz CT molecular complexity index is 736. The van der Waals surface area contributed by atoms with Crippen LogP contribution in [-0.2, 0) is 10.0 Å². The van der Waals surface area contributed by atoms with Crippen LogP contribution >= 0.6 is 0 Å². The van der Waals surface area contributed by atoms with Gasteiger partial charge in [-0.15, -0.1) is 0 Å². The summed E-state index contributed by atoms with van der Waals surface area (Å²) in [7, 11) is -2.01. The Morgan fingerprint density at radius 2 is 2.08 bits per heavy atom. The van der Waals surface area contributed by atoms with Crippen LogP contribution in [-0.4, -0.2) is 58.0 Å². The minimum Gasteiger partial charge on any atom is -0.343 e. The molecule has 1 heterocycles. The third kappa shape index (κ3) is 5.42. The van der Waals surface area contributed by atoms with Crippen molar-refractivity contribution in [1.82, 2.24) is 14.9 Å². The Morgan fingerprint density at radius 1 is 1.35 bits per heavy atom. The molecule has 1 amide bonds. The molecule has 6 nitrogen and oxygen atoms in total. The molecule has 1 saturated heterocycles. The van der Waals surface area contributed by atoms with Gasteiger partial charge in [-0.05, 0) is 50.6 Å². The van der Waals surface area contributed by atoms with Crippen molar-refractivity contribution < 1.29 is 26.4 Å². The lowest BCUT2D eigenvalue weighted by Gasteiger charge is -2.31. The first-order chi connectivity index (χ1) is 12.1. The minimum atomic E-state index is -4.53. The molecule has 0 bridgehead atoms. The highest BCUT2D eigenvalue weighted by atomic mass is 32.2. The van der Waals surface area contributed by atoms with Gasteiger partial charge in [0.1, 0.15) is 6.54 Å². The zero-order chi connectivity index (χ0) is 19.4. The average molecular weight is 393 g/mol. The van der Waals surface area contributed by atoms with Crippen LogP contribution in [0.5, 0.6) is 0 Å². The van der Waals surface area contributed by atoms with E-state index < -0.39 is 28.7 Å². The van der Waals surface area contributed by atoms with Crippen molar-refractivity contribution >= 4 is 15.9 Å². The zero-order valence-electron chi connectivity index (χ0n) is 14.3. The van der Waals surface area contributed by atoms with Crippen LogP contribution in [0, 0.1) is 5.92 Å². The van der Waals surface area contributed by atoms with Gasteiger partial charge in [-0.2, -0.15) is 17.5 Å². The number of carbonyl (C=O) groups excluding carboxylic acids is 1. The van der Waals surface area contributed by atoms with Crippen LogP contribution in [0.3, 0.4) is 0 Å². The number of nitrogens with one attached hydrogen (secondary N) is 2. The molecule has 10 heteroatoms. The fraction of sp³-hybridized carbons (Fsp3) is 0.562. The third-order valence-electron chi connectivity index (χ3n) is 4.16. The monoisotopic (exact) mass is 393 g/mol. The molecule has 0 aliphatic carbocycles. The molecule has 1 atom stereocenters. The van der Waals surface area contributed by atoms with Crippen molar-refractivity contribution in [3.8, 4) is 0 Å². The fourth-order valence-corrected chi connectivity index (χ4v) is 4.53.